The van der Waals surface area contributed by atoms with Gasteiger partial charge in [0.1, 0.15) is 55.2 Å². The number of fused-ring (bicyclic) bond motifs is 1. The third-order valence-corrected chi connectivity index (χ3v) is 8.09. The number of aliphatic hydroxyl groups is 3. The van der Waals surface area contributed by atoms with Gasteiger partial charge in [-0.3, -0.25) is 14.2 Å². The summed E-state index contributed by atoms with van der Waals surface area (Å²) in [7, 11) is 3.26. The Morgan fingerprint density at radius 3 is 2.53 bits per heavy atom. The van der Waals surface area contributed by atoms with Crippen LogP contribution >= 0.6 is 0 Å². The number of nitrogens with zero attached hydrogens (tertiary/aromatic N) is 4. The molecule has 0 bridgehead atoms. The Labute approximate surface area is 283 Å². The number of amides is 2. The van der Waals surface area contributed by atoms with E-state index in [0.717, 1.165) is 0 Å². The van der Waals surface area contributed by atoms with Crippen LogP contribution in [0.15, 0.2) is 12.7 Å². The molecule has 19 nitrogen and oxygen atoms in total. The number of hydrogen-bond acceptors (Lipinski definition) is 16. The molecule has 2 aliphatic rings. The Morgan fingerprint density at radius 1 is 0.980 bits per heavy atom. The molecule has 2 aromatic rings. The Balaban J connectivity index is 1.07. The Hall–Kier alpha value is -3.11. The fourth-order valence-corrected chi connectivity index (χ4v) is 5.55. The highest BCUT2D eigenvalue weighted by atomic mass is 16.7. The predicted octanol–water partition coefficient (Wildman–Crippen LogP) is -1.58. The SMILES string of the molecule is CNc1ncnc2c1ncn2C1O[C@H](COC)[C@@H](O)[C@H]1OCOCCOCCNC(=O)CCCCOC1OC(C)C(O)C(O)[C@@H]1NC(C)=O. The average Bonchev–Trinajstić information content (AvgIpc) is 3.64. The molecule has 2 amide bonds. The van der Waals surface area contributed by atoms with Crippen molar-refractivity contribution in [3.05, 3.63) is 12.7 Å². The zero-order valence-corrected chi connectivity index (χ0v) is 28.2. The van der Waals surface area contributed by atoms with E-state index < -0.39 is 55.2 Å². The number of carbonyl (C=O) groups excluding carboxylic acids is 2. The lowest BCUT2D eigenvalue weighted by atomic mass is 9.97. The summed E-state index contributed by atoms with van der Waals surface area (Å²) in [5, 5.41) is 39.6. The van der Waals surface area contributed by atoms with Crippen molar-refractivity contribution in [1.29, 1.82) is 0 Å². The van der Waals surface area contributed by atoms with Crippen LogP contribution in [0.3, 0.4) is 0 Å². The highest BCUT2D eigenvalue weighted by Crippen LogP contribution is 2.34. The largest absolute Gasteiger partial charge is 0.388 e. The van der Waals surface area contributed by atoms with E-state index >= 15 is 0 Å². The number of rotatable bonds is 20. The maximum Gasteiger partial charge on any atom is 0.220 e. The normalized spacial score (nSPS) is 28.5. The van der Waals surface area contributed by atoms with Crippen LogP contribution in [0.2, 0.25) is 0 Å². The van der Waals surface area contributed by atoms with E-state index in [1.165, 1.54) is 20.4 Å². The number of ether oxygens (including phenoxy) is 7. The lowest BCUT2D eigenvalue weighted by Gasteiger charge is -2.41. The third-order valence-electron chi connectivity index (χ3n) is 8.09. The third kappa shape index (κ3) is 10.5. The first-order valence-corrected chi connectivity index (χ1v) is 16.3. The highest BCUT2D eigenvalue weighted by Gasteiger charge is 2.46. The van der Waals surface area contributed by atoms with Gasteiger partial charge in [0.15, 0.2) is 24.0 Å². The maximum atomic E-state index is 12.2. The van der Waals surface area contributed by atoms with Crippen LogP contribution in [-0.4, -0.2) is 156 Å². The first kappa shape index (κ1) is 38.7. The van der Waals surface area contributed by atoms with E-state index in [4.69, 9.17) is 33.2 Å². The molecule has 276 valence electrons. The van der Waals surface area contributed by atoms with Crippen molar-refractivity contribution >= 4 is 28.8 Å². The fourth-order valence-electron chi connectivity index (χ4n) is 5.55. The second-order valence-electron chi connectivity index (χ2n) is 11.7. The van der Waals surface area contributed by atoms with Gasteiger partial charge in [0.2, 0.25) is 11.8 Å². The molecule has 0 spiro atoms. The van der Waals surface area contributed by atoms with Gasteiger partial charge in [-0.1, -0.05) is 0 Å². The zero-order chi connectivity index (χ0) is 35.3. The van der Waals surface area contributed by atoms with Crippen molar-refractivity contribution in [1.82, 2.24) is 30.2 Å². The number of anilines is 1. The van der Waals surface area contributed by atoms with Gasteiger partial charge in [-0.05, 0) is 19.8 Å². The molecule has 2 fully saturated rings. The molecule has 0 aliphatic carbocycles. The zero-order valence-electron chi connectivity index (χ0n) is 28.2. The van der Waals surface area contributed by atoms with Crippen molar-refractivity contribution in [2.24, 2.45) is 0 Å². The van der Waals surface area contributed by atoms with Crippen molar-refractivity contribution in [3.63, 3.8) is 0 Å². The van der Waals surface area contributed by atoms with Crippen LogP contribution < -0.4 is 16.0 Å². The molecule has 6 N–H and O–H groups in total. The molecular formula is C30H49N7O12. The van der Waals surface area contributed by atoms with Crippen LogP contribution in [0.4, 0.5) is 5.82 Å². The van der Waals surface area contributed by atoms with E-state index in [1.807, 2.05) is 0 Å². The van der Waals surface area contributed by atoms with Crippen LogP contribution in [-0.2, 0) is 42.7 Å². The summed E-state index contributed by atoms with van der Waals surface area (Å²) in [5.74, 6) is 0.0400. The molecule has 19 heteroatoms. The number of aliphatic hydroxyl groups excluding tert-OH is 3. The van der Waals surface area contributed by atoms with Crippen LogP contribution in [0.5, 0.6) is 0 Å². The summed E-state index contributed by atoms with van der Waals surface area (Å²) >= 11 is 0. The number of methoxy groups -OCH3 is 1. The minimum absolute atomic E-state index is 0.128. The number of unbranched alkanes of at least 4 members (excludes halogenated alkanes) is 1. The topological polar surface area (TPSA) is 239 Å². The molecule has 2 aliphatic heterocycles. The van der Waals surface area contributed by atoms with Gasteiger partial charge < -0.3 is 64.4 Å². The van der Waals surface area contributed by atoms with E-state index in [1.54, 1.807) is 24.9 Å². The number of aromatic nitrogens is 4. The lowest BCUT2D eigenvalue weighted by molar-refractivity contribution is -0.260. The van der Waals surface area contributed by atoms with Crippen molar-refractivity contribution in [2.75, 3.05) is 65.8 Å². The van der Waals surface area contributed by atoms with Gasteiger partial charge in [-0.2, -0.15) is 0 Å². The molecule has 5 unspecified atom stereocenters. The first-order valence-electron chi connectivity index (χ1n) is 16.3. The van der Waals surface area contributed by atoms with Gasteiger partial charge in [-0.25, -0.2) is 15.0 Å². The van der Waals surface area contributed by atoms with Gasteiger partial charge in [-0.15, -0.1) is 0 Å². The second kappa shape index (κ2) is 19.3. The van der Waals surface area contributed by atoms with Crippen molar-refractivity contribution in [3.8, 4) is 0 Å². The number of nitrogens with one attached hydrogen (secondary N) is 3. The standard InChI is InChI=1S/C30H49N7O12/c1-17-23(40)25(42)21(36-18(2)38)30(48-17)46-9-6-5-7-20(39)32-8-10-44-11-12-45-16-47-26-24(41)19(13-43-4)49-29(26)37-15-35-22-27(31-3)33-14-34-28(22)37/h14-15,17,19,21,23-26,29-30,40-42H,5-13,16H2,1-4H3,(H,32,39)(H,36,38)(H,31,33,34)/t17?,19-,21+,23?,24-,25?,26-,29?,30?/m1/s1. The molecule has 0 radical (unpaired) electrons. The molecule has 4 heterocycles. The van der Waals surface area contributed by atoms with E-state index in [-0.39, 0.29) is 58.1 Å². The molecule has 9 atom stereocenters. The van der Waals surface area contributed by atoms with E-state index in [2.05, 4.69) is 30.9 Å². The molecule has 0 aromatic carbocycles. The highest BCUT2D eigenvalue weighted by molar-refractivity contribution is 5.82. The van der Waals surface area contributed by atoms with Gasteiger partial charge in [0, 0.05) is 40.7 Å². The summed E-state index contributed by atoms with van der Waals surface area (Å²) in [6.07, 6.45) is -2.78. The first-order chi connectivity index (χ1) is 23.7. The van der Waals surface area contributed by atoms with Crippen LogP contribution in [0, 0.1) is 0 Å². The number of imidazole rings is 1. The molecular weight excluding hydrogens is 650 g/mol. The van der Waals surface area contributed by atoms with Gasteiger partial charge in [0.25, 0.3) is 0 Å². The molecule has 2 aromatic heterocycles. The van der Waals surface area contributed by atoms with E-state index in [0.29, 0.717) is 36.4 Å². The summed E-state index contributed by atoms with van der Waals surface area (Å²) in [6.45, 7) is 4.28. The van der Waals surface area contributed by atoms with Gasteiger partial charge in [0.05, 0.1) is 38.9 Å². The molecule has 2 saturated heterocycles. The summed E-state index contributed by atoms with van der Waals surface area (Å²) in [6, 6.07) is -0.905. The van der Waals surface area contributed by atoms with Crippen molar-refractivity contribution in [2.45, 2.75) is 88.3 Å². The lowest BCUT2D eigenvalue weighted by Crippen LogP contribution is -2.63. The summed E-state index contributed by atoms with van der Waals surface area (Å²) < 4.78 is 41.2. The predicted molar refractivity (Wildman–Crippen MR) is 170 cm³/mol. The minimum atomic E-state index is -1.23. The van der Waals surface area contributed by atoms with Crippen molar-refractivity contribution < 1.29 is 58.1 Å². The maximum absolute atomic E-state index is 12.2. The Kier molecular flexibility index (Phi) is 15.3. The summed E-state index contributed by atoms with van der Waals surface area (Å²) in [5.41, 5.74) is 1.06. The smallest absolute Gasteiger partial charge is 0.220 e. The van der Waals surface area contributed by atoms with Crippen LogP contribution in [0.25, 0.3) is 11.2 Å². The molecule has 0 saturated carbocycles. The average molecular weight is 700 g/mol. The van der Waals surface area contributed by atoms with Gasteiger partial charge >= 0.3 is 0 Å². The monoisotopic (exact) mass is 699 g/mol. The Bertz CT molecular complexity index is 1320. The molecule has 4 rings (SSSR count). The fraction of sp³-hybridized carbons (Fsp3) is 0.767. The van der Waals surface area contributed by atoms with E-state index in [9.17, 15) is 24.9 Å². The minimum Gasteiger partial charge on any atom is -0.388 e. The second-order valence-corrected chi connectivity index (χ2v) is 11.7. The number of carbonyl (C=O) groups is 2. The number of hydrogen-bond donors (Lipinski definition) is 6. The van der Waals surface area contributed by atoms with Crippen LogP contribution in [0.1, 0.15) is 39.3 Å². The molecule has 49 heavy (non-hydrogen) atoms. The summed E-state index contributed by atoms with van der Waals surface area (Å²) in [4.78, 5) is 36.6. The Morgan fingerprint density at radius 2 is 1.78 bits per heavy atom. The quantitative estimate of drug-likeness (QED) is 0.0675.